The molecule has 0 aliphatic rings. The molecule has 0 bridgehead atoms. The largest absolute Gasteiger partial charge is 0.481 e. The summed E-state index contributed by atoms with van der Waals surface area (Å²) in [5.41, 5.74) is 0. The molecule has 0 spiro atoms. The number of rotatable bonds is 7. The van der Waals surface area contributed by atoms with E-state index < -0.39 is 16.0 Å². The monoisotopic (exact) mass is 363 g/mol. The number of esters is 1. The Bertz CT molecular complexity index is 600. The smallest absolute Gasteiger partial charge is 0.343 e. The van der Waals surface area contributed by atoms with Crippen molar-refractivity contribution in [2.75, 3.05) is 20.3 Å². The Kier molecular flexibility index (Phi) is 6.18. The average molecular weight is 364 g/mol. The molecule has 1 aromatic rings. The van der Waals surface area contributed by atoms with Crippen LogP contribution in [-0.2, 0) is 19.6 Å². The fourth-order valence-corrected chi connectivity index (χ4v) is 2.88. The first-order valence-electron chi connectivity index (χ1n) is 5.50. The number of sulfonamides is 1. The van der Waals surface area contributed by atoms with Crippen LogP contribution in [0.3, 0.4) is 0 Å². The van der Waals surface area contributed by atoms with Crippen LogP contribution in [0.25, 0.3) is 0 Å². The van der Waals surface area contributed by atoms with E-state index in [1.807, 2.05) is 0 Å². The second-order valence-corrected chi connectivity index (χ2v) is 6.22. The molecular weight excluding hydrogens is 350 g/mol. The summed E-state index contributed by atoms with van der Waals surface area (Å²) in [5.74, 6) is -0.181. The summed E-state index contributed by atoms with van der Waals surface area (Å²) in [5, 5.41) is 0. The molecule has 6 nitrogen and oxygen atoms in total. The third-order valence-corrected chi connectivity index (χ3v) is 4.25. The van der Waals surface area contributed by atoms with Gasteiger partial charge in [0, 0.05) is 6.54 Å². The molecule has 1 aromatic carbocycles. The summed E-state index contributed by atoms with van der Waals surface area (Å²) in [6.07, 6.45) is 1.44. The summed E-state index contributed by atoms with van der Waals surface area (Å²) < 4.78 is 36.1. The van der Waals surface area contributed by atoms with E-state index >= 15 is 0 Å². The van der Waals surface area contributed by atoms with Crippen molar-refractivity contribution in [3.63, 3.8) is 0 Å². The quantitative estimate of drug-likeness (QED) is 0.585. The van der Waals surface area contributed by atoms with Gasteiger partial charge in [-0.3, -0.25) is 0 Å². The SMILES string of the molecule is C=CCNS(=O)(=O)c1ccc(OCC(=O)OC)c(Br)c1. The Labute approximate surface area is 125 Å². The number of hydrogen-bond donors (Lipinski definition) is 1. The molecule has 0 aliphatic carbocycles. The van der Waals surface area contributed by atoms with Crippen molar-refractivity contribution in [1.29, 1.82) is 0 Å². The van der Waals surface area contributed by atoms with Crippen LogP contribution in [0.4, 0.5) is 0 Å². The molecule has 20 heavy (non-hydrogen) atoms. The predicted octanol–water partition coefficient (Wildman–Crippen LogP) is 1.47. The molecule has 8 heteroatoms. The number of hydrogen-bond acceptors (Lipinski definition) is 5. The zero-order chi connectivity index (χ0) is 15.2. The zero-order valence-electron chi connectivity index (χ0n) is 10.8. The molecule has 110 valence electrons. The molecule has 0 amide bonds. The molecule has 0 saturated carbocycles. The minimum atomic E-state index is -3.60. The number of halogens is 1. The maximum Gasteiger partial charge on any atom is 0.343 e. The van der Waals surface area contributed by atoms with Gasteiger partial charge in [0.05, 0.1) is 16.5 Å². The minimum absolute atomic E-state index is 0.0802. The lowest BCUT2D eigenvalue weighted by Crippen LogP contribution is -2.23. The van der Waals surface area contributed by atoms with E-state index in [4.69, 9.17) is 4.74 Å². The van der Waals surface area contributed by atoms with E-state index in [-0.39, 0.29) is 18.0 Å². The van der Waals surface area contributed by atoms with E-state index in [2.05, 4.69) is 32.0 Å². The zero-order valence-corrected chi connectivity index (χ0v) is 13.2. The first-order chi connectivity index (χ1) is 9.40. The number of nitrogens with one attached hydrogen (secondary N) is 1. The highest BCUT2D eigenvalue weighted by Crippen LogP contribution is 2.27. The number of ether oxygens (including phenoxy) is 2. The lowest BCUT2D eigenvalue weighted by molar-refractivity contribution is -0.142. The Balaban J connectivity index is 2.87. The van der Waals surface area contributed by atoms with Crippen LogP contribution in [0, 0.1) is 0 Å². The van der Waals surface area contributed by atoms with Gasteiger partial charge in [-0.15, -0.1) is 6.58 Å². The summed E-state index contributed by atoms with van der Waals surface area (Å²) in [4.78, 5) is 11.0. The molecule has 0 unspecified atom stereocenters. The van der Waals surface area contributed by atoms with Crippen molar-refractivity contribution in [1.82, 2.24) is 4.72 Å². The third-order valence-electron chi connectivity index (χ3n) is 2.20. The Morgan fingerprint density at radius 2 is 2.20 bits per heavy atom. The molecule has 0 radical (unpaired) electrons. The van der Waals surface area contributed by atoms with Crippen LogP contribution in [0.2, 0.25) is 0 Å². The Morgan fingerprint density at radius 3 is 2.75 bits per heavy atom. The van der Waals surface area contributed by atoms with Gasteiger partial charge in [0.25, 0.3) is 0 Å². The highest BCUT2D eigenvalue weighted by Gasteiger charge is 2.15. The summed E-state index contributed by atoms with van der Waals surface area (Å²) in [7, 11) is -2.34. The van der Waals surface area contributed by atoms with Crippen molar-refractivity contribution < 1.29 is 22.7 Å². The first kappa shape index (κ1) is 16.7. The summed E-state index contributed by atoms with van der Waals surface area (Å²) in [6.45, 7) is 3.32. The minimum Gasteiger partial charge on any atom is -0.481 e. The predicted molar refractivity (Wildman–Crippen MR) is 77.0 cm³/mol. The Hall–Kier alpha value is -1.38. The molecule has 0 heterocycles. The molecule has 1 N–H and O–H groups in total. The number of methoxy groups -OCH3 is 1. The molecule has 0 saturated heterocycles. The van der Waals surface area contributed by atoms with Gasteiger partial charge in [0.1, 0.15) is 5.75 Å². The van der Waals surface area contributed by atoms with Crippen LogP contribution in [0.15, 0.2) is 40.2 Å². The molecule has 0 fully saturated rings. The average Bonchev–Trinajstić information content (AvgIpc) is 2.43. The molecule has 1 rings (SSSR count). The van der Waals surface area contributed by atoms with Crippen LogP contribution in [0.1, 0.15) is 0 Å². The van der Waals surface area contributed by atoms with Crippen LogP contribution in [0.5, 0.6) is 5.75 Å². The number of carbonyl (C=O) groups is 1. The van der Waals surface area contributed by atoms with Crippen molar-refractivity contribution >= 4 is 31.9 Å². The van der Waals surface area contributed by atoms with Crippen LogP contribution < -0.4 is 9.46 Å². The molecule has 0 aliphatic heterocycles. The van der Waals surface area contributed by atoms with Gasteiger partial charge in [-0.1, -0.05) is 6.08 Å². The fourth-order valence-electron chi connectivity index (χ4n) is 1.21. The summed E-state index contributed by atoms with van der Waals surface area (Å²) in [6, 6.07) is 4.22. The Morgan fingerprint density at radius 1 is 1.50 bits per heavy atom. The number of benzene rings is 1. The van der Waals surface area contributed by atoms with Gasteiger partial charge in [0.2, 0.25) is 10.0 Å². The molecular formula is C12H14BrNO5S. The van der Waals surface area contributed by atoms with Gasteiger partial charge >= 0.3 is 5.97 Å². The van der Waals surface area contributed by atoms with Gasteiger partial charge in [-0.05, 0) is 34.1 Å². The molecule has 0 atom stereocenters. The van der Waals surface area contributed by atoms with E-state index in [0.29, 0.717) is 10.2 Å². The lowest BCUT2D eigenvalue weighted by Gasteiger charge is -2.09. The third kappa shape index (κ3) is 4.62. The van der Waals surface area contributed by atoms with Crippen molar-refractivity contribution in [2.45, 2.75) is 4.90 Å². The van der Waals surface area contributed by atoms with Crippen molar-refractivity contribution in [3.05, 3.63) is 35.3 Å². The van der Waals surface area contributed by atoms with Gasteiger partial charge in [-0.2, -0.15) is 0 Å². The maximum atomic E-state index is 11.9. The van der Waals surface area contributed by atoms with Crippen LogP contribution >= 0.6 is 15.9 Å². The maximum absolute atomic E-state index is 11.9. The second-order valence-electron chi connectivity index (χ2n) is 3.60. The van der Waals surface area contributed by atoms with E-state index in [9.17, 15) is 13.2 Å². The van der Waals surface area contributed by atoms with Crippen molar-refractivity contribution in [2.24, 2.45) is 0 Å². The normalized spacial score (nSPS) is 10.9. The highest BCUT2D eigenvalue weighted by molar-refractivity contribution is 9.10. The fraction of sp³-hybridized carbons (Fsp3) is 0.250. The van der Waals surface area contributed by atoms with Gasteiger partial charge < -0.3 is 9.47 Å². The van der Waals surface area contributed by atoms with Gasteiger partial charge in [-0.25, -0.2) is 17.9 Å². The standard InChI is InChI=1S/C12H14BrNO5S/c1-3-6-14-20(16,17)9-4-5-11(10(13)7-9)19-8-12(15)18-2/h3-5,7,14H,1,6,8H2,2H3. The van der Waals surface area contributed by atoms with Gasteiger partial charge in [0.15, 0.2) is 6.61 Å². The molecule has 0 aromatic heterocycles. The lowest BCUT2D eigenvalue weighted by atomic mass is 10.3. The van der Waals surface area contributed by atoms with Crippen LogP contribution in [-0.4, -0.2) is 34.6 Å². The van der Waals surface area contributed by atoms with Crippen molar-refractivity contribution in [3.8, 4) is 5.75 Å². The second kappa shape index (κ2) is 7.41. The topological polar surface area (TPSA) is 81.7 Å². The van der Waals surface area contributed by atoms with E-state index in [0.717, 1.165) is 0 Å². The number of carbonyl (C=O) groups excluding carboxylic acids is 1. The van der Waals surface area contributed by atoms with E-state index in [1.165, 1.54) is 31.4 Å². The highest BCUT2D eigenvalue weighted by atomic mass is 79.9. The summed E-state index contributed by atoms with van der Waals surface area (Å²) >= 11 is 3.19. The first-order valence-corrected chi connectivity index (χ1v) is 7.78. The van der Waals surface area contributed by atoms with E-state index in [1.54, 1.807) is 0 Å².